The molecule has 1 fully saturated rings. The van der Waals surface area contributed by atoms with Gasteiger partial charge in [-0.15, -0.1) is 11.3 Å². The molecule has 3 aromatic heterocycles. The molecule has 2 N–H and O–H groups in total. The first-order chi connectivity index (χ1) is 11.7. The highest BCUT2D eigenvalue weighted by atomic mass is 32.1. The van der Waals surface area contributed by atoms with Crippen LogP contribution in [0.2, 0.25) is 0 Å². The van der Waals surface area contributed by atoms with Gasteiger partial charge in [-0.25, -0.2) is 9.97 Å². The Balaban J connectivity index is 1.90. The van der Waals surface area contributed by atoms with Crippen molar-refractivity contribution in [3.8, 4) is 0 Å². The molecule has 4 rings (SSSR count). The number of piperidine rings is 1. The van der Waals surface area contributed by atoms with Crippen LogP contribution in [0.5, 0.6) is 0 Å². The quantitative estimate of drug-likeness (QED) is 0.789. The molecule has 1 aliphatic heterocycles. The molecule has 0 aromatic carbocycles. The summed E-state index contributed by atoms with van der Waals surface area (Å²) in [6.07, 6.45) is 5.09. The molecule has 0 aliphatic carbocycles. The van der Waals surface area contributed by atoms with Crippen LogP contribution in [0.3, 0.4) is 0 Å². The highest BCUT2D eigenvalue weighted by Crippen LogP contribution is 2.39. The summed E-state index contributed by atoms with van der Waals surface area (Å²) in [5.74, 6) is 1.90. The zero-order valence-electron chi connectivity index (χ0n) is 13.7. The molecule has 0 amide bonds. The number of hydrogen-bond acceptors (Lipinski definition) is 6. The first kappa shape index (κ1) is 15.3. The molecule has 124 valence electrons. The summed E-state index contributed by atoms with van der Waals surface area (Å²) < 4.78 is 1.02. The fourth-order valence-corrected chi connectivity index (χ4v) is 4.51. The second-order valence-electron chi connectivity index (χ2n) is 6.27. The Morgan fingerprint density at radius 3 is 2.88 bits per heavy atom. The lowest BCUT2D eigenvalue weighted by Gasteiger charge is -2.27. The number of anilines is 2. The summed E-state index contributed by atoms with van der Waals surface area (Å²) in [4.78, 5) is 23.9. The molecule has 4 heterocycles. The monoisotopic (exact) mass is 340 g/mol. The van der Waals surface area contributed by atoms with Gasteiger partial charge >= 0.3 is 0 Å². The number of fused-ring (bicyclic) bond motifs is 3. The fraction of sp³-hybridized carbons (Fsp3) is 0.389. The number of carbonyl (C=O) groups excluding carboxylic acids is 1. The molecule has 0 spiro atoms. The summed E-state index contributed by atoms with van der Waals surface area (Å²) in [5, 5.41) is 2.36. The first-order valence-corrected chi connectivity index (χ1v) is 9.22. The minimum Gasteiger partial charge on any atom is -0.383 e. The molecule has 24 heavy (non-hydrogen) atoms. The molecule has 0 unspecified atom stereocenters. The molecule has 3 aromatic rings. The van der Waals surface area contributed by atoms with Gasteiger partial charge in [-0.05, 0) is 24.1 Å². The second kappa shape index (κ2) is 6.02. The summed E-state index contributed by atoms with van der Waals surface area (Å²) >= 11 is 1.61. The van der Waals surface area contributed by atoms with Gasteiger partial charge in [0.15, 0.2) is 0 Å². The van der Waals surface area contributed by atoms with Crippen LogP contribution >= 0.6 is 11.3 Å². The van der Waals surface area contributed by atoms with Crippen molar-refractivity contribution in [2.24, 2.45) is 0 Å². The van der Waals surface area contributed by atoms with E-state index in [2.05, 4.69) is 22.9 Å². The molecular formula is C18H20N4OS. The van der Waals surface area contributed by atoms with Gasteiger partial charge < -0.3 is 10.6 Å². The van der Waals surface area contributed by atoms with Gasteiger partial charge in [0.05, 0.1) is 4.70 Å². The summed E-state index contributed by atoms with van der Waals surface area (Å²) in [6, 6.07) is 4.23. The highest BCUT2D eigenvalue weighted by molar-refractivity contribution is 7.26. The molecule has 0 radical (unpaired) electrons. The van der Waals surface area contributed by atoms with E-state index in [1.54, 1.807) is 17.5 Å². The number of aryl methyl sites for hydroxylation is 1. The van der Waals surface area contributed by atoms with Gasteiger partial charge in [-0.1, -0.05) is 13.3 Å². The average Bonchev–Trinajstić information content (AvgIpc) is 2.96. The number of thiophene rings is 1. The Morgan fingerprint density at radius 2 is 2.12 bits per heavy atom. The van der Waals surface area contributed by atoms with Gasteiger partial charge in [0.1, 0.15) is 22.2 Å². The Labute approximate surface area is 144 Å². The second-order valence-corrected chi connectivity index (χ2v) is 7.27. The van der Waals surface area contributed by atoms with Gasteiger partial charge in [0.25, 0.3) is 0 Å². The number of rotatable bonds is 3. The smallest absolute Gasteiger partial charge is 0.141 e. The standard InChI is InChI=1S/C18H20N4OS/c1-2-3-11-10-14(22-8-5-12(23)6-9-22)21-18-15(11)13-4-7-20-17(19)16(13)24-18/h4,7,10H,2-3,5-6,8-9H2,1H3,(H2,19,20). The third kappa shape index (κ3) is 2.51. The number of hydrogen-bond donors (Lipinski definition) is 1. The number of nitrogen functional groups attached to an aromatic ring is 1. The fourth-order valence-electron chi connectivity index (χ4n) is 3.40. The van der Waals surface area contributed by atoms with E-state index in [0.29, 0.717) is 24.4 Å². The zero-order chi connectivity index (χ0) is 16.7. The summed E-state index contributed by atoms with van der Waals surface area (Å²) in [6.45, 7) is 3.71. The van der Waals surface area contributed by atoms with Crippen LogP contribution in [0, 0.1) is 0 Å². The topological polar surface area (TPSA) is 72.1 Å². The normalized spacial score (nSPS) is 15.5. The van der Waals surface area contributed by atoms with Crippen LogP contribution in [0.25, 0.3) is 20.3 Å². The van der Waals surface area contributed by atoms with E-state index in [4.69, 9.17) is 10.7 Å². The van der Waals surface area contributed by atoms with Crippen molar-refractivity contribution in [1.29, 1.82) is 0 Å². The van der Waals surface area contributed by atoms with E-state index in [1.165, 1.54) is 10.9 Å². The Bertz CT molecular complexity index is 924. The number of nitrogens with two attached hydrogens (primary N) is 1. The number of ketones is 1. The summed E-state index contributed by atoms with van der Waals surface area (Å²) in [5.41, 5.74) is 7.38. The molecule has 5 nitrogen and oxygen atoms in total. The van der Waals surface area contributed by atoms with Crippen molar-refractivity contribution in [2.75, 3.05) is 23.7 Å². The van der Waals surface area contributed by atoms with Crippen LogP contribution in [-0.4, -0.2) is 28.8 Å². The van der Waals surface area contributed by atoms with Gasteiger partial charge in [0, 0.05) is 42.9 Å². The van der Waals surface area contributed by atoms with Crippen LogP contribution in [0.1, 0.15) is 31.7 Å². The minimum atomic E-state index is 0.349. The van der Waals surface area contributed by atoms with E-state index >= 15 is 0 Å². The maximum atomic E-state index is 11.5. The molecule has 6 heteroatoms. The van der Waals surface area contributed by atoms with Crippen molar-refractivity contribution in [3.05, 3.63) is 23.9 Å². The molecule has 0 atom stereocenters. The highest BCUT2D eigenvalue weighted by Gasteiger charge is 2.20. The van der Waals surface area contributed by atoms with E-state index < -0.39 is 0 Å². The van der Waals surface area contributed by atoms with Crippen LogP contribution in [0.4, 0.5) is 11.6 Å². The van der Waals surface area contributed by atoms with Crippen molar-refractivity contribution in [2.45, 2.75) is 32.6 Å². The lowest BCUT2D eigenvalue weighted by Crippen LogP contribution is -2.34. The van der Waals surface area contributed by atoms with Crippen molar-refractivity contribution in [3.63, 3.8) is 0 Å². The molecule has 1 aliphatic rings. The third-order valence-electron chi connectivity index (χ3n) is 4.62. The molecule has 0 bridgehead atoms. The predicted molar refractivity (Wildman–Crippen MR) is 99.8 cm³/mol. The molecule has 0 saturated carbocycles. The molecule has 1 saturated heterocycles. The number of nitrogens with zero attached hydrogens (tertiary/aromatic N) is 3. The van der Waals surface area contributed by atoms with Gasteiger partial charge in [0.2, 0.25) is 0 Å². The van der Waals surface area contributed by atoms with Gasteiger partial charge in [-0.3, -0.25) is 4.79 Å². The van der Waals surface area contributed by atoms with Crippen LogP contribution in [0.15, 0.2) is 18.3 Å². The molecular weight excluding hydrogens is 320 g/mol. The van der Waals surface area contributed by atoms with Crippen LogP contribution < -0.4 is 10.6 Å². The Kier molecular flexibility index (Phi) is 3.84. The largest absolute Gasteiger partial charge is 0.383 e. The zero-order valence-corrected chi connectivity index (χ0v) is 14.5. The lowest BCUT2D eigenvalue weighted by molar-refractivity contribution is -0.119. The van der Waals surface area contributed by atoms with Gasteiger partial charge in [-0.2, -0.15) is 0 Å². The predicted octanol–water partition coefficient (Wildman–Crippen LogP) is 3.55. The van der Waals surface area contributed by atoms with E-state index in [1.807, 2.05) is 6.07 Å². The Hall–Kier alpha value is -2.21. The third-order valence-corrected chi connectivity index (χ3v) is 5.74. The van der Waals surface area contributed by atoms with Crippen molar-refractivity contribution in [1.82, 2.24) is 9.97 Å². The number of pyridine rings is 2. The number of Topliss-reactive ketones (excluding diaryl/α,β-unsaturated/α-hetero) is 1. The summed E-state index contributed by atoms with van der Waals surface area (Å²) in [7, 11) is 0. The number of aromatic nitrogens is 2. The van der Waals surface area contributed by atoms with E-state index in [0.717, 1.165) is 46.7 Å². The maximum Gasteiger partial charge on any atom is 0.141 e. The van der Waals surface area contributed by atoms with Crippen LogP contribution in [-0.2, 0) is 11.2 Å². The Morgan fingerprint density at radius 1 is 1.33 bits per heavy atom. The maximum absolute atomic E-state index is 11.5. The first-order valence-electron chi connectivity index (χ1n) is 8.40. The average molecular weight is 340 g/mol. The van der Waals surface area contributed by atoms with E-state index in [9.17, 15) is 4.79 Å². The van der Waals surface area contributed by atoms with E-state index in [-0.39, 0.29) is 0 Å². The SMILES string of the molecule is CCCc1cc(N2CCC(=O)CC2)nc2sc3c(N)nccc3c12. The minimum absolute atomic E-state index is 0.349. The van der Waals surface area contributed by atoms with Crippen molar-refractivity contribution < 1.29 is 4.79 Å². The number of carbonyl (C=O) groups is 1. The lowest BCUT2D eigenvalue weighted by atomic mass is 10.0. The van der Waals surface area contributed by atoms with Crippen molar-refractivity contribution >= 4 is 49.1 Å².